The lowest BCUT2D eigenvalue weighted by Crippen LogP contribution is -2.54. The number of nitrogens with zero attached hydrogens (tertiary/aromatic N) is 2. The fourth-order valence-corrected chi connectivity index (χ4v) is 4.30. The van der Waals surface area contributed by atoms with Crippen LogP contribution in [-0.2, 0) is 4.79 Å². The number of unbranched alkanes of at least 4 members (excludes halogenated alkanes) is 1. The molecule has 5 nitrogen and oxygen atoms in total. The van der Waals surface area contributed by atoms with Gasteiger partial charge in [-0.15, -0.1) is 11.8 Å². The maximum Gasteiger partial charge on any atom is 0.242 e. The summed E-state index contributed by atoms with van der Waals surface area (Å²) < 4.78 is 0. The van der Waals surface area contributed by atoms with Gasteiger partial charge in [0.1, 0.15) is 0 Å². The Morgan fingerprint density at radius 1 is 1.34 bits per heavy atom. The number of allylic oxidation sites excluding steroid dienone is 1. The molecular weight excluding hydrogens is 382 g/mol. The van der Waals surface area contributed by atoms with Gasteiger partial charge in [0.05, 0.1) is 6.54 Å². The van der Waals surface area contributed by atoms with Crippen molar-refractivity contribution in [1.82, 2.24) is 15.1 Å². The summed E-state index contributed by atoms with van der Waals surface area (Å²) in [5, 5.41) is 12.7. The second-order valence-corrected chi connectivity index (χ2v) is 9.47. The summed E-state index contributed by atoms with van der Waals surface area (Å²) >= 11 is 1.63. The van der Waals surface area contributed by atoms with E-state index >= 15 is 0 Å². The highest BCUT2D eigenvalue weighted by Crippen LogP contribution is 2.25. The topological polar surface area (TPSA) is 55.8 Å². The van der Waals surface area contributed by atoms with Crippen LogP contribution in [0.4, 0.5) is 0 Å². The highest BCUT2D eigenvalue weighted by molar-refractivity contribution is 8.02. The van der Waals surface area contributed by atoms with Gasteiger partial charge in [-0.2, -0.15) is 0 Å². The van der Waals surface area contributed by atoms with Crippen molar-refractivity contribution in [1.29, 1.82) is 0 Å². The summed E-state index contributed by atoms with van der Waals surface area (Å²) in [7, 11) is 0. The number of nitrogens with one attached hydrogen (secondary N) is 1. The largest absolute Gasteiger partial charge is 0.396 e. The number of carbonyl (C=O) groups excluding carboxylic acids is 1. The molecule has 0 aromatic heterocycles. The van der Waals surface area contributed by atoms with Crippen molar-refractivity contribution in [2.45, 2.75) is 59.4 Å². The average Bonchev–Trinajstić information content (AvgIpc) is 2.69. The lowest BCUT2D eigenvalue weighted by atomic mass is 9.95. The normalized spacial score (nSPS) is 20.0. The molecule has 0 unspecified atom stereocenters. The number of thioether (sulfide) groups is 1. The Hall–Kier alpha value is -0.980. The Labute approximate surface area is 183 Å². The molecule has 0 radical (unpaired) electrons. The summed E-state index contributed by atoms with van der Waals surface area (Å²) in [4.78, 5) is 18.8. The number of aliphatic hydroxyl groups is 1. The number of piperidine rings is 1. The Kier molecular flexibility index (Phi) is 12.7. The molecule has 0 bridgehead atoms. The first kappa shape index (κ1) is 26.1. The standard InChI is InChI=1S/C23H43N3O2S/c1-7-10-22(20(5)29-6)25(11-8-9-12-27)17-23(28)26(16-18(2)3)21-13-19(4)14-24-15-21/h10,18-19,21,24,27H,5,7-9,11-17H2,1-4,6H3/b22-10-/t19-,21+/m1/s1. The monoisotopic (exact) mass is 425 g/mol. The molecule has 2 N–H and O–H groups in total. The zero-order chi connectivity index (χ0) is 21.8. The van der Waals surface area contributed by atoms with Crippen LogP contribution in [-0.4, -0.2) is 72.4 Å². The first-order valence-corrected chi connectivity index (χ1v) is 12.4. The van der Waals surface area contributed by atoms with Crippen molar-refractivity contribution in [3.05, 3.63) is 23.3 Å². The SMILES string of the molecule is C=C(SC)/C(=C/CC)N(CCCCO)CC(=O)N(CC(C)C)[C@@H]1CNC[C@H](C)C1. The molecular formula is C23H43N3O2S. The zero-order valence-corrected chi connectivity index (χ0v) is 20.1. The van der Waals surface area contributed by atoms with Gasteiger partial charge in [0.2, 0.25) is 5.91 Å². The number of rotatable bonds is 13. The Morgan fingerprint density at radius 2 is 2.07 bits per heavy atom. The second kappa shape index (κ2) is 14.1. The van der Waals surface area contributed by atoms with Crippen molar-refractivity contribution in [3.8, 4) is 0 Å². The highest BCUT2D eigenvalue weighted by Gasteiger charge is 2.29. The molecule has 1 aliphatic rings. The van der Waals surface area contributed by atoms with E-state index in [1.807, 2.05) is 6.26 Å². The van der Waals surface area contributed by atoms with Crippen LogP contribution >= 0.6 is 11.8 Å². The van der Waals surface area contributed by atoms with E-state index in [-0.39, 0.29) is 18.6 Å². The fraction of sp³-hybridized carbons (Fsp3) is 0.783. The van der Waals surface area contributed by atoms with Gasteiger partial charge in [-0.1, -0.05) is 40.3 Å². The number of carbonyl (C=O) groups is 1. The average molecular weight is 426 g/mol. The Bertz CT molecular complexity index is 536. The molecule has 1 aliphatic heterocycles. The van der Waals surface area contributed by atoms with Crippen LogP contribution in [0.3, 0.4) is 0 Å². The van der Waals surface area contributed by atoms with Crippen LogP contribution in [0.1, 0.15) is 53.4 Å². The second-order valence-electron chi connectivity index (χ2n) is 8.57. The van der Waals surface area contributed by atoms with E-state index in [0.29, 0.717) is 18.4 Å². The predicted molar refractivity (Wildman–Crippen MR) is 126 cm³/mol. The van der Waals surface area contributed by atoms with Crippen LogP contribution in [0, 0.1) is 11.8 Å². The molecule has 0 saturated carbocycles. The van der Waals surface area contributed by atoms with Gasteiger partial charge in [-0.05, 0) is 50.3 Å². The Balaban J connectivity index is 3.02. The molecule has 1 rings (SSSR count). The molecule has 1 saturated heterocycles. The van der Waals surface area contributed by atoms with Crippen LogP contribution < -0.4 is 5.32 Å². The summed E-state index contributed by atoms with van der Waals surface area (Å²) in [6.45, 7) is 16.9. The lowest BCUT2D eigenvalue weighted by Gasteiger charge is -2.39. The number of hydrogen-bond acceptors (Lipinski definition) is 5. The molecule has 0 aliphatic carbocycles. The summed E-state index contributed by atoms with van der Waals surface area (Å²) in [6, 6.07) is 0.260. The molecule has 0 aromatic rings. The van der Waals surface area contributed by atoms with E-state index in [1.54, 1.807) is 11.8 Å². The number of amides is 1. The third kappa shape index (κ3) is 9.14. The van der Waals surface area contributed by atoms with Gasteiger partial charge in [-0.3, -0.25) is 4.79 Å². The minimum absolute atomic E-state index is 0.184. The third-order valence-corrected chi connectivity index (χ3v) is 6.00. The molecule has 1 heterocycles. The van der Waals surface area contributed by atoms with E-state index in [1.165, 1.54) is 0 Å². The van der Waals surface area contributed by atoms with Crippen LogP contribution in [0.5, 0.6) is 0 Å². The van der Waals surface area contributed by atoms with Crippen molar-refractivity contribution in [3.63, 3.8) is 0 Å². The lowest BCUT2D eigenvalue weighted by molar-refractivity contribution is -0.135. The zero-order valence-electron chi connectivity index (χ0n) is 19.2. The van der Waals surface area contributed by atoms with Gasteiger partial charge in [0.15, 0.2) is 0 Å². The molecule has 1 amide bonds. The molecule has 6 heteroatoms. The number of hydrogen-bond donors (Lipinski definition) is 2. The fourth-order valence-electron chi connectivity index (χ4n) is 3.88. The van der Waals surface area contributed by atoms with E-state index in [4.69, 9.17) is 0 Å². The van der Waals surface area contributed by atoms with Gasteiger partial charge in [0.25, 0.3) is 0 Å². The van der Waals surface area contributed by atoms with E-state index in [9.17, 15) is 9.90 Å². The molecule has 0 spiro atoms. The van der Waals surface area contributed by atoms with Crippen LogP contribution in [0.15, 0.2) is 23.3 Å². The predicted octanol–water partition coefficient (Wildman–Crippen LogP) is 3.71. The van der Waals surface area contributed by atoms with Crippen molar-refractivity contribution >= 4 is 17.7 Å². The van der Waals surface area contributed by atoms with Gasteiger partial charge in [0, 0.05) is 42.9 Å². The maximum absolute atomic E-state index is 13.5. The summed E-state index contributed by atoms with van der Waals surface area (Å²) in [6.07, 6.45) is 7.76. The molecule has 168 valence electrons. The van der Waals surface area contributed by atoms with Crippen molar-refractivity contribution in [2.24, 2.45) is 11.8 Å². The third-order valence-electron chi connectivity index (χ3n) is 5.30. The van der Waals surface area contributed by atoms with Gasteiger partial charge in [-0.25, -0.2) is 0 Å². The quantitative estimate of drug-likeness (QED) is 0.348. The van der Waals surface area contributed by atoms with Crippen molar-refractivity contribution < 1.29 is 9.90 Å². The van der Waals surface area contributed by atoms with E-state index in [2.05, 4.69) is 55.5 Å². The minimum atomic E-state index is 0.184. The van der Waals surface area contributed by atoms with E-state index in [0.717, 1.165) is 62.5 Å². The first-order valence-electron chi connectivity index (χ1n) is 11.1. The molecule has 29 heavy (non-hydrogen) atoms. The van der Waals surface area contributed by atoms with Crippen LogP contribution in [0.2, 0.25) is 0 Å². The minimum Gasteiger partial charge on any atom is -0.396 e. The highest BCUT2D eigenvalue weighted by atomic mass is 32.2. The van der Waals surface area contributed by atoms with Gasteiger partial charge >= 0.3 is 0 Å². The van der Waals surface area contributed by atoms with Gasteiger partial charge < -0.3 is 20.2 Å². The number of aliphatic hydroxyl groups excluding tert-OH is 1. The first-order chi connectivity index (χ1) is 13.8. The maximum atomic E-state index is 13.5. The molecule has 1 fully saturated rings. The molecule has 2 atom stereocenters. The van der Waals surface area contributed by atoms with Crippen molar-refractivity contribution in [2.75, 3.05) is 45.6 Å². The smallest absolute Gasteiger partial charge is 0.242 e. The summed E-state index contributed by atoms with van der Waals surface area (Å²) in [5.74, 6) is 1.22. The molecule has 0 aromatic carbocycles. The summed E-state index contributed by atoms with van der Waals surface area (Å²) in [5.41, 5.74) is 1.06. The van der Waals surface area contributed by atoms with Crippen LogP contribution in [0.25, 0.3) is 0 Å². The van der Waals surface area contributed by atoms with E-state index < -0.39 is 0 Å². The Morgan fingerprint density at radius 3 is 2.62 bits per heavy atom.